The number of benzene rings is 7. The molecule has 0 saturated heterocycles. The van der Waals surface area contributed by atoms with Crippen LogP contribution < -0.4 is 0 Å². The summed E-state index contributed by atoms with van der Waals surface area (Å²) in [7, 11) is 0. The van der Waals surface area contributed by atoms with Gasteiger partial charge in [0.15, 0.2) is 23.1 Å². The summed E-state index contributed by atoms with van der Waals surface area (Å²) < 4.78 is 15.0. The lowest BCUT2D eigenvalue weighted by Gasteiger charge is -2.09. The fourth-order valence-corrected chi connectivity index (χ4v) is 8.41. The largest absolute Gasteiger partial charge is 0.456 e. The monoisotopic (exact) mass is 698 g/mol. The Morgan fingerprint density at radius 1 is 0.377 bits per heavy atom. The highest BCUT2D eigenvalue weighted by Gasteiger charge is 2.19. The number of rotatable bonds is 5. The van der Waals surface area contributed by atoms with Crippen molar-refractivity contribution in [3.05, 3.63) is 158 Å². The molecule has 0 atom stereocenters. The zero-order valence-corrected chi connectivity index (χ0v) is 28.8. The summed E-state index contributed by atoms with van der Waals surface area (Å²) >= 11 is 1.77. The number of oxazole rings is 1. The molecule has 248 valence electrons. The van der Waals surface area contributed by atoms with Crippen LogP contribution in [0.25, 0.3) is 110 Å². The second kappa shape index (κ2) is 11.8. The van der Waals surface area contributed by atoms with E-state index < -0.39 is 0 Å². The lowest BCUT2D eigenvalue weighted by molar-refractivity contribution is 0.620. The van der Waals surface area contributed by atoms with Gasteiger partial charge in [0.1, 0.15) is 16.7 Å². The van der Waals surface area contributed by atoms with Crippen LogP contribution in [0, 0.1) is 0 Å². The van der Waals surface area contributed by atoms with Gasteiger partial charge in [-0.25, -0.2) is 19.9 Å². The molecule has 11 rings (SSSR count). The van der Waals surface area contributed by atoms with Crippen LogP contribution in [0.15, 0.2) is 167 Å². The first-order valence-electron chi connectivity index (χ1n) is 17.4. The van der Waals surface area contributed by atoms with Gasteiger partial charge < -0.3 is 8.83 Å². The Kier molecular flexibility index (Phi) is 6.62. The zero-order valence-electron chi connectivity index (χ0n) is 28.0. The Bertz CT molecular complexity index is 3120. The van der Waals surface area contributed by atoms with Crippen LogP contribution in [0.1, 0.15) is 0 Å². The van der Waals surface area contributed by atoms with E-state index in [0.29, 0.717) is 23.4 Å². The molecule has 0 aliphatic carbocycles. The van der Waals surface area contributed by atoms with Crippen LogP contribution in [0.2, 0.25) is 0 Å². The first kappa shape index (κ1) is 29.7. The Labute approximate surface area is 306 Å². The van der Waals surface area contributed by atoms with Gasteiger partial charge in [-0.2, -0.15) is 0 Å². The molecule has 6 nitrogen and oxygen atoms in total. The summed E-state index contributed by atoms with van der Waals surface area (Å²) in [5.74, 6) is 2.50. The van der Waals surface area contributed by atoms with Gasteiger partial charge in [-0.15, -0.1) is 11.3 Å². The molecule has 4 heterocycles. The second-order valence-electron chi connectivity index (χ2n) is 13.0. The average Bonchev–Trinajstić information content (AvgIpc) is 3.94. The van der Waals surface area contributed by atoms with Crippen LogP contribution >= 0.6 is 11.3 Å². The standard InChI is InChI=1S/C46H26N4O2S/c1-3-11-27(12-4-1)43-48-44(28-13-5-2-6-14-28)50-45(49-43)32-16-10-20-40-42(32)34-25-29(22-24-39(34)53-40)30-21-23-35-38(26-30)52-46(47-35)33-17-9-19-37-41(33)31-15-7-8-18-36(31)51-37/h1-26H. The number of hydrogen-bond donors (Lipinski definition) is 0. The van der Waals surface area contributed by atoms with Gasteiger partial charge in [0, 0.05) is 53.2 Å². The number of thiophene rings is 1. The molecular weight excluding hydrogens is 673 g/mol. The maximum atomic E-state index is 6.48. The third kappa shape index (κ3) is 4.93. The van der Waals surface area contributed by atoms with Gasteiger partial charge in [-0.1, -0.05) is 109 Å². The van der Waals surface area contributed by atoms with E-state index in [1.54, 1.807) is 11.3 Å². The van der Waals surface area contributed by atoms with Crippen LogP contribution in [-0.2, 0) is 0 Å². The summed E-state index contributed by atoms with van der Waals surface area (Å²) in [5.41, 5.74) is 9.08. The zero-order chi connectivity index (χ0) is 34.9. The Hall–Kier alpha value is -6.96. The SMILES string of the molecule is c1ccc(-c2nc(-c3ccccc3)nc(-c3cccc4sc5ccc(-c6ccc7nc(-c8cccc9oc%10ccccc%10c89)oc7c6)cc5c34)n2)cc1. The first-order valence-corrected chi connectivity index (χ1v) is 18.2. The number of fused-ring (bicyclic) bond motifs is 7. The van der Waals surface area contributed by atoms with Gasteiger partial charge >= 0.3 is 0 Å². The van der Waals surface area contributed by atoms with Crippen molar-refractivity contribution in [1.29, 1.82) is 0 Å². The molecule has 11 aromatic rings. The molecule has 0 aliphatic heterocycles. The van der Waals surface area contributed by atoms with Crippen molar-refractivity contribution in [2.45, 2.75) is 0 Å². The van der Waals surface area contributed by atoms with E-state index >= 15 is 0 Å². The van der Waals surface area contributed by atoms with Crippen molar-refractivity contribution in [2.75, 3.05) is 0 Å². The average molecular weight is 699 g/mol. The minimum atomic E-state index is 0.570. The van der Waals surface area contributed by atoms with E-state index in [1.165, 1.54) is 9.40 Å². The number of hydrogen-bond acceptors (Lipinski definition) is 7. The molecule has 0 radical (unpaired) electrons. The summed E-state index contributed by atoms with van der Waals surface area (Å²) in [6.07, 6.45) is 0. The van der Waals surface area contributed by atoms with Crippen molar-refractivity contribution in [1.82, 2.24) is 19.9 Å². The maximum Gasteiger partial charge on any atom is 0.228 e. The van der Waals surface area contributed by atoms with Gasteiger partial charge in [0.2, 0.25) is 5.89 Å². The number of aromatic nitrogens is 4. The first-order chi connectivity index (χ1) is 26.2. The molecule has 0 saturated carbocycles. The number of nitrogens with zero attached hydrogens (tertiary/aromatic N) is 4. The van der Waals surface area contributed by atoms with Crippen LogP contribution in [0.4, 0.5) is 0 Å². The van der Waals surface area contributed by atoms with Crippen LogP contribution in [-0.4, -0.2) is 19.9 Å². The molecule has 0 N–H and O–H groups in total. The van der Waals surface area contributed by atoms with E-state index in [2.05, 4.69) is 54.6 Å². The molecule has 7 heteroatoms. The molecule has 0 amide bonds. The molecule has 0 fully saturated rings. The van der Waals surface area contributed by atoms with Gasteiger partial charge in [-0.3, -0.25) is 0 Å². The van der Waals surface area contributed by atoms with Crippen molar-refractivity contribution in [3.8, 4) is 56.7 Å². The topological polar surface area (TPSA) is 77.8 Å². The Balaban J connectivity index is 1.04. The van der Waals surface area contributed by atoms with E-state index in [4.69, 9.17) is 28.8 Å². The summed E-state index contributed by atoms with van der Waals surface area (Å²) in [6.45, 7) is 0. The molecule has 53 heavy (non-hydrogen) atoms. The molecule has 4 aromatic heterocycles. The summed E-state index contributed by atoms with van der Waals surface area (Å²) in [4.78, 5) is 20.0. The van der Waals surface area contributed by atoms with E-state index in [0.717, 1.165) is 77.2 Å². The van der Waals surface area contributed by atoms with E-state index in [9.17, 15) is 0 Å². The van der Waals surface area contributed by atoms with Crippen LogP contribution in [0.5, 0.6) is 0 Å². The predicted molar refractivity (Wildman–Crippen MR) is 215 cm³/mol. The Morgan fingerprint density at radius 2 is 1.04 bits per heavy atom. The van der Waals surface area contributed by atoms with Crippen molar-refractivity contribution >= 4 is 64.5 Å². The molecular formula is C46H26N4O2S. The lowest BCUT2D eigenvalue weighted by Crippen LogP contribution is -2.00. The van der Waals surface area contributed by atoms with Gasteiger partial charge in [-0.05, 0) is 59.7 Å². The number of furan rings is 1. The number of para-hydroxylation sites is 1. The molecule has 0 aliphatic rings. The second-order valence-corrected chi connectivity index (χ2v) is 14.1. The highest BCUT2D eigenvalue weighted by atomic mass is 32.1. The normalized spacial score (nSPS) is 11.8. The van der Waals surface area contributed by atoms with Crippen molar-refractivity contribution < 1.29 is 8.83 Å². The predicted octanol–water partition coefficient (Wildman–Crippen LogP) is 12.6. The molecule has 7 aromatic carbocycles. The highest BCUT2D eigenvalue weighted by Crippen LogP contribution is 2.42. The maximum absolute atomic E-state index is 6.48. The highest BCUT2D eigenvalue weighted by molar-refractivity contribution is 7.26. The summed E-state index contributed by atoms with van der Waals surface area (Å²) in [6, 6.07) is 53.5. The minimum absolute atomic E-state index is 0.570. The van der Waals surface area contributed by atoms with Crippen molar-refractivity contribution in [2.24, 2.45) is 0 Å². The fourth-order valence-electron chi connectivity index (χ4n) is 7.29. The van der Waals surface area contributed by atoms with Gasteiger partial charge in [0.25, 0.3) is 0 Å². The summed E-state index contributed by atoms with van der Waals surface area (Å²) in [5, 5.41) is 4.33. The molecule has 0 spiro atoms. The Morgan fingerprint density at radius 3 is 1.85 bits per heavy atom. The fraction of sp³-hybridized carbons (Fsp3) is 0. The van der Waals surface area contributed by atoms with Crippen LogP contribution in [0.3, 0.4) is 0 Å². The molecule has 0 unspecified atom stereocenters. The smallest absolute Gasteiger partial charge is 0.228 e. The van der Waals surface area contributed by atoms with Gasteiger partial charge in [0.05, 0.1) is 0 Å². The lowest BCUT2D eigenvalue weighted by atomic mass is 10.0. The molecule has 0 bridgehead atoms. The minimum Gasteiger partial charge on any atom is -0.456 e. The van der Waals surface area contributed by atoms with E-state index in [1.807, 2.05) is 103 Å². The van der Waals surface area contributed by atoms with E-state index in [-0.39, 0.29) is 0 Å². The van der Waals surface area contributed by atoms with Crippen molar-refractivity contribution in [3.63, 3.8) is 0 Å². The third-order valence-corrected chi connectivity index (χ3v) is 10.9. The third-order valence-electron chi connectivity index (χ3n) is 9.79. The quantitative estimate of drug-likeness (QED) is 0.178.